The molecule has 0 fully saturated rings. The molecule has 1 heterocycles. The highest BCUT2D eigenvalue weighted by molar-refractivity contribution is 5.51. The van der Waals surface area contributed by atoms with Crippen molar-refractivity contribution in [2.75, 3.05) is 50.7 Å². The van der Waals surface area contributed by atoms with Gasteiger partial charge >= 0.3 is 0 Å². The molecule has 5 heteroatoms. The van der Waals surface area contributed by atoms with E-state index in [9.17, 15) is 0 Å². The van der Waals surface area contributed by atoms with E-state index in [1.165, 1.54) is 0 Å². The number of hydrogen-bond donors (Lipinski definition) is 2. The molecule has 5 nitrogen and oxygen atoms in total. The maximum atomic E-state index is 5.40. The minimum atomic E-state index is 0.669. The summed E-state index contributed by atoms with van der Waals surface area (Å²) in [7, 11) is 1.68. The van der Waals surface area contributed by atoms with Gasteiger partial charge in [-0.15, -0.1) is 0 Å². The number of ether oxygens (including phenoxy) is 2. The molecule has 19 heavy (non-hydrogen) atoms. The highest BCUT2D eigenvalue weighted by atomic mass is 16.5. The quantitative estimate of drug-likeness (QED) is 0.603. The number of nitrogens with one attached hydrogen (secondary N) is 2. The molecule has 0 bridgehead atoms. The molecule has 1 aromatic heterocycles. The van der Waals surface area contributed by atoms with Gasteiger partial charge in [0.2, 0.25) is 0 Å². The Bertz CT molecular complexity index is 334. The molecule has 0 aromatic carbocycles. The Labute approximate surface area is 115 Å². The van der Waals surface area contributed by atoms with E-state index in [0.29, 0.717) is 13.2 Å². The molecule has 0 unspecified atom stereocenters. The average Bonchev–Trinajstić information content (AvgIpc) is 2.43. The summed E-state index contributed by atoms with van der Waals surface area (Å²) in [4.78, 5) is 4.23. The van der Waals surface area contributed by atoms with Crippen LogP contribution in [0.5, 0.6) is 0 Å². The summed E-state index contributed by atoms with van der Waals surface area (Å²) in [6.07, 6.45) is 3.96. The third-order valence-corrected chi connectivity index (χ3v) is 2.59. The summed E-state index contributed by atoms with van der Waals surface area (Å²) >= 11 is 0. The van der Waals surface area contributed by atoms with Crippen LogP contribution in [-0.2, 0) is 9.47 Å². The normalized spacial score (nSPS) is 10.4. The summed E-state index contributed by atoms with van der Waals surface area (Å²) < 4.78 is 10.3. The Balaban J connectivity index is 2.07. The van der Waals surface area contributed by atoms with E-state index in [-0.39, 0.29) is 0 Å². The van der Waals surface area contributed by atoms with E-state index in [4.69, 9.17) is 9.47 Å². The van der Waals surface area contributed by atoms with Crippen molar-refractivity contribution in [3.05, 3.63) is 18.3 Å². The maximum Gasteiger partial charge on any atom is 0.127 e. The summed E-state index contributed by atoms with van der Waals surface area (Å²) in [5.74, 6) is 0.912. The van der Waals surface area contributed by atoms with E-state index in [2.05, 4.69) is 22.5 Å². The zero-order valence-corrected chi connectivity index (χ0v) is 11.9. The van der Waals surface area contributed by atoms with Gasteiger partial charge in [-0.25, -0.2) is 4.98 Å². The first-order valence-electron chi connectivity index (χ1n) is 6.87. The van der Waals surface area contributed by atoms with Crippen LogP contribution in [0.15, 0.2) is 18.3 Å². The largest absolute Gasteiger partial charge is 0.385 e. The van der Waals surface area contributed by atoms with Gasteiger partial charge in [-0.1, -0.05) is 0 Å². The van der Waals surface area contributed by atoms with E-state index in [1.807, 2.05) is 18.3 Å². The van der Waals surface area contributed by atoms with Crippen molar-refractivity contribution in [1.82, 2.24) is 4.98 Å². The molecule has 0 aliphatic carbocycles. The molecule has 1 rings (SSSR count). The molecular formula is C14H25N3O2. The predicted octanol–water partition coefficient (Wildman–Crippen LogP) is 2.37. The van der Waals surface area contributed by atoms with Crippen LogP contribution in [0.3, 0.4) is 0 Å². The van der Waals surface area contributed by atoms with E-state index < -0.39 is 0 Å². The smallest absolute Gasteiger partial charge is 0.127 e. The van der Waals surface area contributed by atoms with Gasteiger partial charge in [0.25, 0.3) is 0 Å². The average molecular weight is 267 g/mol. The lowest BCUT2D eigenvalue weighted by molar-refractivity contribution is 0.0691. The van der Waals surface area contributed by atoms with Gasteiger partial charge in [0.05, 0.1) is 13.2 Å². The highest BCUT2D eigenvalue weighted by Crippen LogP contribution is 2.11. The molecule has 0 aliphatic heterocycles. The molecular weight excluding hydrogens is 242 g/mol. The number of pyridine rings is 1. The van der Waals surface area contributed by atoms with Crippen molar-refractivity contribution in [3.8, 4) is 0 Å². The maximum absolute atomic E-state index is 5.40. The van der Waals surface area contributed by atoms with Gasteiger partial charge in [0.1, 0.15) is 5.82 Å². The first-order chi connectivity index (χ1) is 9.36. The number of hydrogen-bond acceptors (Lipinski definition) is 5. The van der Waals surface area contributed by atoms with Gasteiger partial charge in [-0.05, 0) is 25.8 Å². The second-order valence-corrected chi connectivity index (χ2v) is 4.20. The predicted molar refractivity (Wildman–Crippen MR) is 78.8 cm³/mol. The molecule has 0 atom stereocenters. The molecule has 0 amide bonds. The summed E-state index contributed by atoms with van der Waals surface area (Å²) in [6, 6.07) is 4.01. The number of unbranched alkanes of at least 4 members (excludes halogenated alkanes) is 1. The Morgan fingerprint density at radius 2 is 2.05 bits per heavy atom. The minimum absolute atomic E-state index is 0.669. The van der Waals surface area contributed by atoms with Crippen molar-refractivity contribution in [2.24, 2.45) is 0 Å². The summed E-state index contributed by atoms with van der Waals surface area (Å²) in [6.45, 7) is 6.04. The SMILES string of the molecule is CCNc1cc(NCCCCOCCOC)ccn1. The third-order valence-electron chi connectivity index (χ3n) is 2.59. The number of methoxy groups -OCH3 is 1. The van der Waals surface area contributed by atoms with Crippen molar-refractivity contribution in [1.29, 1.82) is 0 Å². The molecule has 0 saturated heterocycles. The number of aromatic nitrogens is 1. The molecule has 2 N–H and O–H groups in total. The zero-order valence-electron chi connectivity index (χ0n) is 11.9. The summed E-state index contributed by atoms with van der Waals surface area (Å²) in [5, 5.41) is 6.58. The Morgan fingerprint density at radius 3 is 2.84 bits per heavy atom. The molecule has 0 aliphatic rings. The van der Waals surface area contributed by atoms with Gasteiger partial charge in [-0.3, -0.25) is 0 Å². The monoisotopic (exact) mass is 267 g/mol. The molecule has 0 radical (unpaired) electrons. The van der Waals surface area contributed by atoms with Crippen LogP contribution in [0.4, 0.5) is 11.5 Å². The first-order valence-corrected chi connectivity index (χ1v) is 6.87. The highest BCUT2D eigenvalue weighted by Gasteiger charge is 1.96. The van der Waals surface area contributed by atoms with Crippen LogP contribution in [0.25, 0.3) is 0 Å². The van der Waals surface area contributed by atoms with Crippen LogP contribution in [0, 0.1) is 0 Å². The standard InChI is InChI=1S/C14H25N3O2/c1-3-15-14-12-13(6-8-17-14)16-7-4-5-9-19-11-10-18-2/h6,8,12H,3-5,7,9-11H2,1-2H3,(H2,15,16,17). The molecule has 0 saturated carbocycles. The van der Waals surface area contributed by atoms with Gasteiger partial charge < -0.3 is 20.1 Å². The second kappa shape index (κ2) is 10.6. The number of rotatable bonds is 11. The summed E-state index contributed by atoms with van der Waals surface area (Å²) in [5.41, 5.74) is 1.10. The lowest BCUT2D eigenvalue weighted by atomic mass is 10.3. The Morgan fingerprint density at radius 1 is 1.16 bits per heavy atom. The van der Waals surface area contributed by atoms with E-state index >= 15 is 0 Å². The van der Waals surface area contributed by atoms with E-state index in [0.717, 1.165) is 44.0 Å². The fraction of sp³-hybridized carbons (Fsp3) is 0.643. The second-order valence-electron chi connectivity index (χ2n) is 4.20. The van der Waals surface area contributed by atoms with Crippen molar-refractivity contribution in [3.63, 3.8) is 0 Å². The fourth-order valence-corrected chi connectivity index (χ4v) is 1.62. The topological polar surface area (TPSA) is 55.4 Å². The zero-order chi connectivity index (χ0) is 13.8. The fourth-order valence-electron chi connectivity index (χ4n) is 1.62. The van der Waals surface area contributed by atoms with Crippen LogP contribution in [0.2, 0.25) is 0 Å². The number of nitrogens with zero attached hydrogens (tertiary/aromatic N) is 1. The van der Waals surface area contributed by atoms with Crippen molar-refractivity contribution >= 4 is 11.5 Å². The van der Waals surface area contributed by atoms with Crippen LogP contribution in [0.1, 0.15) is 19.8 Å². The third kappa shape index (κ3) is 7.64. The lowest BCUT2D eigenvalue weighted by Gasteiger charge is -2.08. The van der Waals surface area contributed by atoms with Crippen LogP contribution in [-0.4, -0.2) is 45.0 Å². The van der Waals surface area contributed by atoms with E-state index in [1.54, 1.807) is 7.11 Å². The molecule has 108 valence electrons. The lowest BCUT2D eigenvalue weighted by Crippen LogP contribution is -2.06. The molecule has 1 aromatic rings. The van der Waals surface area contributed by atoms with Gasteiger partial charge in [-0.2, -0.15) is 0 Å². The van der Waals surface area contributed by atoms with Crippen molar-refractivity contribution in [2.45, 2.75) is 19.8 Å². The minimum Gasteiger partial charge on any atom is -0.385 e. The Hall–Kier alpha value is -1.33. The van der Waals surface area contributed by atoms with Crippen LogP contribution >= 0.6 is 0 Å². The van der Waals surface area contributed by atoms with Gasteiger partial charge in [0, 0.05) is 44.8 Å². The number of anilines is 2. The van der Waals surface area contributed by atoms with Crippen molar-refractivity contribution < 1.29 is 9.47 Å². The molecule has 0 spiro atoms. The first kappa shape index (κ1) is 15.7. The van der Waals surface area contributed by atoms with Gasteiger partial charge in [0.15, 0.2) is 0 Å². The van der Waals surface area contributed by atoms with Crippen LogP contribution < -0.4 is 10.6 Å². The Kier molecular flexibility index (Phi) is 8.76.